The van der Waals surface area contributed by atoms with Gasteiger partial charge in [-0.25, -0.2) is 0 Å². The van der Waals surface area contributed by atoms with Crippen LogP contribution in [0.1, 0.15) is 23.1 Å². The summed E-state index contributed by atoms with van der Waals surface area (Å²) < 4.78 is 6.62. The zero-order valence-electron chi connectivity index (χ0n) is 9.19. The molecule has 0 atom stereocenters. The highest BCUT2D eigenvalue weighted by Gasteiger charge is 2.19. The summed E-state index contributed by atoms with van der Waals surface area (Å²) in [6.07, 6.45) is 3.64. The van der Waals surface area contributed by atoms with E-state index in [1.807, 2.05) is 7.05 Å². The van der Waals surface area contributed by atoms with Gasteiger partial charge in [-0.3, -0.25) is 0 Å². The fraction of sp³-hybridized carbons (Fsp3) is 0.500. The van der Waals surface area contributed by atoms with Crippen molar-refractivity contribution < 1.29 is 4.74 Å². The van der Waals surface area contributed by atoms with Crippen LogP contribution < -0.4 is 10.1 Å². The van der Waals surface area contributed by atoms with Crippen LogP contribution in [-0.4, -0.2) is 14.2 Å². The Labute approximate surface area is 99.1 Å². The van der Waals surface area contributed by atoms with Gasteiger partial charge in [-0.1, -0.05) is 6.07 Å². The van der Waals surface area contributed by atoms with Gasteiger partial charge in [-0.05, 0) is 53.4 Å². The third-order valence-electron chi connectivity index (χ3n) is 2.94. The highest BCUT2D eigenvalue weighted by molar-refractivity contribution is 9.10. The van der Waals surface area contributed by atoms with E-state index in [1.54, 1.807) is 7.11 Å². The van der Waals surface area contributed by atoms with E-state index in [-0.39, 0.29) is 0 Å². The van der Waals surface area contributed by atoms with Gasteiger partial charge in [-0.2, -0.15) is 0 Å². The molecular formula is C12H16BrNO. The van der Waals surface area contributed by atoms with Gasteiger partial charge in [-0.15, -0.1) is 0 Å². The lowest BCUT2D eigenvalue weighted by molar-refractivity contribution is 0.405. The lowest BCUT2D eigenvalue weighted by Gasteiger charge is -2.14. The summed E-state index contributed by atoms with van der Waals surface area (Å²) in [6.45, 7) is 0.856. The fourth-order valence-electron chi connectivity index (χ4n) is 2.27. The number of hydrogen-bond acceptors (Lipinski definition) is 2. The number of nitrogens with one attached hydrogen (secondary N) is 1. The molecule has 82 valence electrons. The van der Waals surface area contributed by atoms with E-state index >= 15 is 0 Å². The molecule has 0 unspecified atom stereocenters. The Balaban J connectivity index is 2.51. The summed E-state index contributed by atoms with van der Waals surface area (Å²) in [5.41, 5.74) is 4.16. The van der Waals surface area contributed by atoms with Gasteiger partial charge in [0, 0.05) is 12.1 Å². The summed E-state index contributed by atoms with van der Waals surface area (Å²) in [5.74, 6) is 0.991. The second kappa shape index (κ2) is 4.54. The maximum Gasteiger partial charge on any atom is 0.137 e. The van der Waals surface area contributed by atoms with Crippen LogP contribution in [-0.2, 0) is 19.4 Å². The monoisotopic (exact) mass is 269 g/mol. The quantitative estimate of drug-likeness (QED) is 0.911. The van der Waals surface area contributed by atoms with E-state index in [0.29, 0.717) is 0 Å². The maximum absolute atomic E-state index is 5.47. The van der Waals surface area contributed by atoms with Crippen molar-refractivity contribution in [2.75, 3.05) is 14.2 Å². The van der Waals surface area contributed by atoms with Crippen LogP contribution in [0.2, 0.25) is 0 Å². The first kappa shape index (κ1) is 11.0. The van der Waals surface area contributed by atoms with E-state index < -0.39 is 0 Å². The molecule has 3 heteroatoms. The number of benzene rings is 1. The summed E-state index contributed by atoms with van der Waals surface area (Å²) in [6, 6.07) is 2.28. The molecule has 1 aliphatic carbocycles. The van der Waals surface area contributed by atoms with Crippen LogP contribution in [0, 0.1) is 0 Å². The topological polar surface area (TPSA) is 21.3 Å². The first-order valence-corrected chi connectivity index (χ1v) is 6.09. The van der Waals surface area contributed by atoms with Crippen LogP contribution in [0.5, 0.6) is 5.75 Å². The zero-order valence-corrected chi connectivity index (χ0v) is 10.8. The van der Waals surface area contributed by atoms with Gasteiger partial charge in [0.15, 0.2) is 0 Å². The largest absolute Gasteiger partial charge is 0.495 e. The Morgan fingerprint density at radius 1 is 1.47 bits per heavy atom. The fourth-order valence-corrected chi connectivity index (χ4v) is 3.14. The van der Waals surface area contributed by atoms with Gasteiger partial charge >= 0.3 is 0 Å². The van der Waals surface area contributed by atoms with Crippen LogP contribution in [0.4, 0.5) is 0 Å². The van der Waals surface area contributed by atoms with Crippen molar-refractivity contribution >= 4 is 15.9 Å². The van der Waals surface area contributed by atoms with Gasteiger partial charge in [0.2, 0.25) is 0 Å². The van der Waals surface area contributed by atoms with E-state index in [0.717, 1.165) is 16.8 Å². The smallest absolute Gasteiger partial charge is 0.137 e. The number of methoxy groups -OCH3 is 1. The summed E-state index contributed by atoms with van der Waals surface area (Å²) >= 11 is 3.66. The molecule has 1 aliphatic rings. The average Bonchev–Trinajstić information content (AvgIpc) is 2.67. The molecule has 0 amide bonds. The SMILES string of the molecule is CNCc1cc2c(c(Br)c1OC)CCC2. The number of rotatable bonds is 3. The Morgan fingerprint density at radius 2 is 2.27 bits per heavy atom. The van der Waals surface area contributed by atoms with Crippen molar-refractivity contribution in [1.29, 1.82) is 0 Å². The molecule has 0 aromatic heterocycles. The van der Waals surface area contributed by atoms with Gasteiger partial charge in [0.25, 0.3) is 0 Å². The number of hydrogen-bond donors (Lipinski definition) is 1. The molecule has 15 heavy (non-hydrogen) atoms. The Bertz CT molecular complexity index is 376. The van der Waals surface area contributed by atoms with E-state index in [1.165, 1.54) is 36.0 Å². The summed E-state index contributed by atoms with van der Waals surface area (Å²) in [5, 5.41) is 3.18. The van der Waals surface area contributed by atoms with E-state index in [4.69, 9.17) is 4.74 Å². The molecule has 1 aromatic carbocycles. The van der Waals surface area contributed by atoms with Crippen molar-refractivity contribution in [2.24, 2.45) is 0 Å². The third kappa shape index (κ3) is 1.91. The molecule has 1 aromatic rings. The van der Waals surface area contributed by atoms with Crippen molar-refractivity contribution in [1.82, 2.24) is 5.32 Å². The van der Waals surface area contributed by atoms with Gasteiger partial charge in [0.1, 0.15) is 5.75 Å². The first-order valence-electron chi connectivity index (χ1n) is 5.29. The molecule has 0 fully saturated rings. The predicted octanol–water partition coefficient (Wildman–Crippen LogP) is 2.67. The van der Waals surface area contributed by atoms with E-state index in [2.05, 4.69) is 27.3 Å². The Hall–Kier alpha value is -0.540. The van der Waals surface area contributed by atoms with Crippen molar-refractivity contribution in [3.63, 3.8) is 0 Å². The Morgan fingerprint density at radius 3 is 2.93 bits per heavy atom. The highest BCUT2D eigenvalue weighted by Crippen LogP contribution is 2.38. The van der Waals surface area contributed by atoms with Crippen LogP contribution in [0.15, 0.2) is 10.5 Å². The lowest BCUT2D eigenvalue weighted by atomic mass is 10.0. The number of halogens is 1. The van der Waals surface area contributed by atoms with Crippen LogP contribution in [0.25, 0.3) is 0 Å². The highest BCUT2D eigenvalue weighted by atomic mass is 79.9. The van der Waals surface area contributed by atoms with Crippen LogP contribution >= 0.6 is 15.9 Å². The normalized spacial score (nSPS) is 14.1. The minimum Gasteiger partial charge on any atom is -0.495 e. The molecule has 0 radical (unpaired) electrons. The second-order valence-corrected chi connectivity index (χ2v) is 4.70. The molecule has 0 saturated heterocycles. The molecule has 0 saturated carbocycles. The van der Waals surface area contributed by atoms with Crippen molar-refractivity contribution in [3.8, 4) is 5.75 Å². The number of ether oxygens (including phenoxy) is 1. The lowest BCUT2D eigenvalue weighted by Crippen LogP contribution is -2.08. The second-order valence-electron chi connectivity index (χ2n) is 3.90. The minimum atomic E-state index is 0.856. The summed E-state index contributed by atoms with van der Waals surface area (Å²) in [7, 11) is 3.70. The average molecular weight is 270 g/mol. The van der Waals surface area contributed by atoms with Crippen LogP contribution in [0.3, 0.4) is 0 Å². The minimum absolute atomic E-state index is 0.856. The summed E-state index contributed by atoms with van der Waals surface area (Å²) in [4.78, 5) is 0. The van der Waals surface area contributed by atoms with E-state index in [9.17, 15) is 0 Å². The molecular weight excluding hydrogens is 254 g/mol. The van der Waals surface area contributed by atoms with Crippen molar-refractivity contribution in [2.45, 2.75) is 25.8 Å². The molecule has 0 heterocycles. The predicted molar refractivity (Wildman–Crippen MR) is 65.5 cm³/mol. The standard InChI is InChI=1S/C12H16BrNO/c1-14-7-9-6-8-4-3-5-10(8)11(13)12(9)15-2/h6,14H,3-5,7H2,1-2H3. The molecule has 1 N–H and O–H groups in total. The molecule has 0 aliphatic heterocycles. The molecule has 2 rings (SSSR count). The van der Waals surface area contributed by atoms with Crippen molar-refractivity contribution in [3.05, 3.63) is 27.2 Å². The van der Waals surface area contributed by atoms with Gasteiger partial charge in [0.05, 0.1) is 11.6 Å². The number of fused-ring (bicyclic) bond motifs is 1. The van der Waals surface area contributed by atoms with Gasteiger partial charge < -0.3 is 10.1 Å². The number of aryl methyl sites for hydroxylation is 1. The third-order valence-corrected chi connectivity index (χ3v) is 3.78. The zero-order chi connectivity index (χ0) is 10.8. The molecule has 2 nitrogen and oxygen atoms in total. The maximum atomic E-state index is 5.47. The Kier molecular flexibility index (Phi) is 3.32. The molecule has 0 bridgehead atoms. The first-order chi connectivity index (χ1) is 7.27. The molecule has 0 spiro atoms.